The lowest BCUT2D eigenvalue weighted by atomic mass is 9.98. The third kappa shape index (κ3) is 6.15. The van der Waals surface area contributed by atoms with Crippen LogP contribution >= 0.6 is 7.60 Å². The first-order valence-electron chi connectivity index (χ1n) is 13.4. The molecule has 0 fully saturated rings. The quantitative estimate of drug-likeness (QED) is 0.165. The van der Waals surface area contributed by atoms with Gasteiger partial charge in [0.25, 0.3) is 5.91 Å². The van der Waals surface area contributed by atoms with Crippen LogP contribution in [0.5, 0.6) is 0 Å². The van der Waals surface area contributed by atoms with E-state index in [-0.39, 0.29) is 18.2 Å². The molecule has 1 amide bonds. The summed E-state index contributed by atoms with van der Waals surface area (Å²) in [5, 5.41) is 3.89. The topological polar surface area (TPSA) is 117 Å². The maximum atomic E-state index is 13.0. The number of rotatable bonds is 9. The van der Waals surface area contributed by atoms with Crippen LogP contribution in [0, 0.1) is 13.8 Å². The van der Waals surface area contributed by atoms with Crippen LogP contribution in [-0.4, -0.2) is 38.0 Å². The normalized spacial score (nSPS) is 13.8. The van der Waals surface area contributed by atoms with Crippen molar-refractivity contribution >= 4 is 41.3 Å². The second-order valence-electron chi connectivity index (χ2n) is 10.2. The van der Waals surface area contributed by atoms with Crippen LogP contribution in [0.2, 0.25) is 0 Å². The van der Waals surface area contributed by atoms with E-state index in [0.29, 0.717) is 30.0 Å². The third-order valence-electron chi connectivity index (χ3n) is 7.02. The number of pyridine rings is 1. The average Bonchev–Trinajstić information content (AvgIpc) is 3.34. The van der Waals surface area contributed by atoms with E-state index in [9.17, 15) is 14.3 Å². The minimum absolute atomic E-state index is 0.0692. The summed E-state index contributed by atoms with van der Waals surface area (Å²) in [5.41, 5.74) is 6.76. The lowest BCUT2D eigenvalue weighted by Crippen LogP contribution is -2.12. The summed E-state index contributed by atoms with van der Waals surface area (Å²) >= 11 is 0. The van der Waals surface area contributed by atoms with Crippen LogP contribution in [0.1, 0.15) is 47.3 Å². The Hall–Kier alpha value is -3.84. The average molecular weight is 557 g/mol. The summed E-state index contributed by atoms with van der Waals surface area (Å²) in [6.07, 6.45) is 0.941. The molecule has 0 aliphatic rings. The molecule has 5 aromatic rings. The van der Waals surface area contributed by atoms with Crippen molar-refractivity contribution < 1.29 is 18.8 Å². The summed E-state index contributed by atoms with van der Waals surface area (Å²) in [6.45, 7) is 7.73. The van der Waals surface area contributed by atoms with Gasteiger partial charge in [-0.25, -0.2) is 9.97 Å². The maximum Gasteiger partial charge on any atom is 0.328 e. The van der Waals surface area contributed by atoms with E-state index in [4.69, 9.17) is 9.51 Å². The number of para-hydroxylation sites is 1. The highest BCUT2D eigenvalue weighted by atomic mass is 31.2. The number of imidazole rings is 1. The molecule has 0 radical (unpaired) electrons. The number of hydrogen-bond acceptors (Lipinski definition) is 5. The molecule has 2 atom stereocenters. The molecule has 0 saturated heterocycles. The van der Waals surface area contributed by atoms with Gasteiger partial charge in [-0.1, -0.05) is 37.3 Å². The molecule has 2 aromatic heterocycles. The fraction of sp³-hybridized carbons (Fsp3) is 0.258. The number of fused-ring (bicyclic) bond motifs is 2. The highest BCUT2D eigenvalue weighted by molar-refractivity contribution is 7.52. The van der Waals surface area contributed by atoms with Gasteiger partial charge in [0.05, 0.1) is 28.8 Å². The van der Waals surface area contributed by atoms with Crippen molar-refractivity contribution in [2.24, 2.45) is 0 Å². The summed E-state index contributed by atoms with van der Waals surface area (Å²) in [6, 6.07) is 20.9. The van der Waals surface area contributed by atoms with Crippen molar-refractivity contribution in [2.75, 3.05) is 11.5 Å². The van der Waals surface area contributed by atoms with Crippen molar-refractivity contribution in [1.82, 2.24) is 15.0 Å². The highest BCUT2D eigenvalue weighted by Gasteiger charge is 2.22. The van der Waals surface area contributed by atoms with E-state index in [2.05, 4.69) is 15.3 Å². The number of aromatic amines is 1. The largest absolute Gasteiger partial charge is 0.338 e. The standard InChI is InChI=1S/C31H33N4O4P/c1-5-21(4)39-40(37,38)15-14-22-16-19(2)29(20(3)17-22)30-33-26-12-10-24(18-27(26)34-30)31(36)35-28-13-11-23-8-6-7-9-25(23)32-28/h6-13,16-18,21H,5,14-15H2,1-4H3,(H,33,34)(H,37,38)(H,32,35,36). The van der Waals surface area contributed by atoms with Crippen molar-refractivity contribution in [1.29, 1.82) is 0 Å². The summed E-state index contributed by atoms with van der Waals surface area (Å²) in [5.74, 6) is 0.943. The van der Waals surface area contributed by atoms with Crippen molar-refractivity contribution in [3.05, 3.63) is 89.0 Å². The van der Waals surface area contributed by atoms with Gasteiger partial charge in [-0.05, 0) is 86.7 Å². The van der Waals surface area contributed by atoms with Gasteiger partial charge in [-0.3, -0.25) is 9.36 Å². The van der Waals surface area contributed by atoms with Gasteiger partial charge in [0.15, 0.2) is 0 Å². The molecule has 9 heteroatoms. The Morgan fingerprint density at radius 1 is 1.02 bits per heavy atom. The lowest BCUT2D eigenvalue weighted by Gasteiger charge is -2.17. The van der Waals surface area contributed by atoms with Gasteiger partial charge in [0.1, 0.15) is 11.6 Å². The fourth-order valence-electron chi connectivity index (χ4n) is 4.84. The Labute approximate surface area is 233 Å². The number of H-pyrrole nitrogens is 1. The Kier molecular flexibility index (Phi) is 7.86. The number of amides is 1. The number of nitrogens with one attached hydrogen (secondary N) is 2. The number of aromatic nitrogens is 3. The van der Waals surface area contributed by atoms with E-state index in [1.54, 1.807) is 25.1 Å². The molecule has 5 rings (SSSR count). The van der Waals surface area contributed by atoms with Crippen LogP contribution in [0.3, 0.4) is 0 Å². The van der Waals surface area contributed by atoms with Crippen molar-refractivity contribution in [3.8, 4) is 11.4 Å². The monoisotopic (exact) mass is 556 g/mol. The molecule has 2 heterocycles. The molecular formula is C31H33N4O4P. The lowest BCUT2D eigenvalue weighted by molar-refractivity contribution is 0.102. The van der Waals surface area contributed by atoms with Gasteiger partial charge in [0.2, 0.25) is 0 Å². The fourth-order valence-corrected chi connectivity index (χ4v) is 6.20. The molecule has 2 unspecified atom stereocenters. The van der Waals surface area contributed by atoms with E-state index in [0.717, 1.165) is 44.2 Å². The molecule has 40 heavy (non-hydrogen) atoms. The van der Waals surface area contributed by atoms with Crippen molar-refractivity contribution in [3.63, 3.8) is 0 Å². The van der Waals surface area contributed by atoms with Crippen LogP contribution in [0.25, 0.3) is 33.3 Å². The maximum absolute atomic E-state index is 13.0. The number of hydrogen-bond donors (Lipinski definition) is 3. The highest BCUT2D eigenvalue weighted by Crippen LogP contribution is 2.44. The smallest absolute Gasteiger partial charge is 0.328 e. The Morgan fingerprint density at radius 3 is 2.52 bits per heavy atom. The van der Waals surface area contributed by atoms with E-state index in [1.807, 2.05) is 69.3 Å². The minimum atomic E-state index is -3.65. The summed E-state index contributed by atoms with van der Waals surface area (Å²) in [4.78, 5) is 35.9. The van der Waals surface area contributed by atoms with Crippen LogP contribution in [0.4, 0.5) is 5.82 Å². The zero-order chi connectivity index (χ0) is 28.4. The van der Waals surface area contributed by atoms with Crippen LogP contribution in [-0.2, 0) is 15.5 Å². The molecule has 0 saturated carbocycles. The Balaban J connectivity index is 1.34. The number of nitrogens with zero attached hydrogens (tertiary/aromatic N) is 2. The van der Waals surface area contributed by atoms with Gasteiger partial charge in [0, 0.05) is 16.5 Å². The second kappa shape index (κ2) is 11.3. The second-order valence-corrected chi connectivity index (χ2v) is 12.1. The molecule has 0 aliphatic heterocycles. The number of carbonyl (C=O) groups is 1. The molecular weight excluding hydrogens is 523 g/mol. The SMILES string of the molecule is CCC(C)OP(=O)(O)CCc1cc(C)c(-c2nc3ccc(C(=O)Nc4ccc5ccccc5n4)cc3[nH]2)c(C)c1. The van der Waals surface area contributed by atoms with Crippen LogP contribution < -0.4 is 5.32 Å². The number of carbonyl (C=O) groups excluding carboxylic acids is 1. The van der Waals surface area contributed by atoms with Crippen LogP contribution in [0.15, 0.2) is 66.7 Å². The number of benzene rings is 3. The predicted molar refractivity (Wildman–Crippen MR) is 160 cm³/mol. The molecule has 8 nitrogen and oxygen atoms in total. The summed E-state index contributed by atoms with van der Waals surface area (Å²) < 4.78 is 17.8. The van der Waals surface area contributed by atoms with E-state index in [1.165, 1.54) is 0 Å². The van der Waals surface area contributed by atoms with Gasteiger partial charge in [-0.2, -0.15) is 0 Å². The molecule has 3 N–H and O–H groups in total. The molecule has 206 valence electrons. The zero-order valence-corrected chi connectivity index (χ0v) is 24.0. The molecule has 0 bridgehead atoms. The first-order valence-corrected chi connectivity index (χ1v) is 15.2. The number of anilines is 1. The van der Waals surface area contributed by atoms with E-state index < -0.39 is 7.60 Å². The molecule has 0 aliphatic carbocycles. The summed E-state index contributed by atoms with van der Waals surface area (Å²) in [7, 11) is -3.65. The first kappa shape index (κ1) is 27.7. The van der Waals surface area contributed by atoms with Gasteiger partial charge >= 0.3 is 7.60 Å². The van der Waals surface area contributed by atoms with E-state index >= 15 is 0 Å². The zero-order valence-electron chi connectivity index (χ0n) is 23.1. The van der Waals surface area contributed by atoms with Gasteiger partial charge in [-0.15, -0.1) is 0 Å². The first-order chi connectivity index (χ1) is 19.1. The third-order valence-corrected chi connectivity index (χ3v) is 8.49. The predicted octanol–water partition coefficient (Wildman–Crippen LogP) is 7.19. The van der Waals surface area contributed by atoms with Gasteiger partial charge < -0.3 is 19.7 Å². The molecule has 3 aromatic carbocycles. The Bertz CT molecular complexity index is 1740. The molecule has 0 spiro atoms. The van der Waals surface area contributed by atoms with Crippen molar-refractivity contribution in [2.45, 2.75) is 46.6 Å². The Morgan fingerprint density at radius 2 is 1.77 bits per heavy atom. The minimum Gasteiger partial charge on any atom is -0.338 e. The number of aryl methyl sites for hydroxylation is 3.